The summed E-state index contributed by atoms with van der Waals surface area (Å²) in [6, 6.07) is 4.09. The number of amides is 1. The van der Waals surface area contributed by atoms with Crippen LogP contribution in [0.1, 0.15) is 71.9 Å². The standard InChI is InChI=1S/C25H36N2O6.C3H8/c1-7-19-25(11-8-14-31-20(28)15-26-23(29)33-24(2,3)4)12-13-27(5)16-17-9-10-18(30-6)22(32-19)21(17)25;1-3-2/h8-11,19H,7,12-16H2,1-6H3,(H,26,29);3H2,1-2H3/b11-8-;. The van der Waals surface area contributed by atoms with Gasteiger partial charge < -0.3 is 29.2 Å². The summed E-state index contributed by atoms with van der Waals surface area (Å²) < 4.78 is 22.4. The molecule has 2 unspecified atom stereocenters. The number of esters is 1. The number of nitrogens with zero attached hydrogens (tertiary/aromatic N) is 1. The molecule has 202 valence electrons. The van der Waals surface area contributed by atoms with Crippen molar-refractivity contribution in [1.82, 2.24) is 10.2 Å². The lowest BCUT2D eigenvalue weighted by Gasteiger charge is -2.31. The van der Waals surface area contributed by atoms with E-state index < -0.39 is 17.7 Å². The number of rotatable bonds is 7. The van der Waals surface area contributed by atoms with Crippen molar-refractivity contribution in [3.8, 4) is 11.5 Å². The predicted molar refractivity (Wildman–Crippen MR) is 141 cm³/mol. The Kier molecular flexibility index (Phi) is 10.6. The fraction of sp³-hybridized carbons (Fsp3) is 0.643. The van der Waals surface area contributed by atoms with Gasteiger partial charge in [-0.25, -0.2) is 4.79 Å². The lowest BCUT2D eigenvalue weighted by atomic mass is 9.72. The summed E-state index contributed by atoms with van der Waals surface area (Å²) in [4.78, 5) is 26.1. The van der Waals surface area contributed by atoms with Crippen LogP contribution in [0.5, 0.6) is 11.5 Å². The molecule has 36 heavy (non-hydrogen) atoms. The number of hydrogen-bond donors (Lipinski definition) is 1. The zero-order valence-corrected chi connectivity index (χ0v) is 23.2. The molecule has 1 aromatic rings. The second-order valence-electron chi connectivity index (χ2n) is 10.3. The molecule has 2 aliphatic rings. The molecule has 1 N–H and O–H groups in total. The maximum absolute atomic E-state index is 12.0. The van der Waals surface area contributed by atoms with Crippen LogP contribution in [0.15, 0.2) is 24.3 Å². The molecule has 0 spiro atoms. The molecule has 0 aromatic heterocycles. The van der Waals surface area contributed by atoms with Crippen molar-refractivity contribution >= 4 is 12.1 Å². The fourth-order valence-electron chi connectivity index (χ4n) is 4.59. The van der Waals surface area contributed by atoms with Crippen molar-refractivity contribution in [1.29, 1.82) is 0 Å². The van der Waals surface area contributed by atoms with E-state index >= 15 is 0 Å². The van der Waals surface area contributed by atoms with Gasteiger partial charge in [0, 0.05) is 12.1 Å². The van der Waals surface area contributed by atoms with Crippen molar-refractivity contribution in [2.75, 3.05) is 33.9 Å². The summed E-state index contributed by atoms with van der Waals surface area (Å²) in [5.74, 6) is 1.04. The summed E-state index contributed by atoms with van der Waals surface area (Å²) in [6.45, 7) is 13.3. The molecule has 1 amide bonds. The van der Waals surface area contributed by atoms with Gasteiger partial charge in [0.1, 0.15) is 24.9 Å². The van der Waals surface area contributed by atoms with Crippen LogP contribution in [0.4, 0.5) is 4.79 Å². The van der Waals surface area contributed by atoms with Crippen LogP contribution < -0.4 is 14.8 Å². The summed E-state index contributed by atoms with van der Waals surface area (Å²) >= 11 is 0. The molecular formula is C28H44N2O6. The van der Waals surface area contributed by atoms with E-state index in [9.17, 15) is 9.59 Å². The number of benzene rings is 1. The highest BCUT2D eigenvalue weighted by atomic mass is 16.6. The van der Waals surface area contributed by atoms with Crippen molar-refractivity contribution in [3.05, 3.63) is 35.4 Å². The minimum absolute atomic E-state index is 0.0326. The largest absolute Gasteiger partial charge is 0.493 e. The van der Waals surface area contributed by atoms with Crippen molar-refractivity contribution in [3.63, 3.8) is 0 Å². The lowest BCUT2D eigenvalue weighted by molar-refractivity contribution is -0.141. The summed E-state index contributed by atoms with van der Waals surface area (Å²) in [7, 11) is 3.78. The SMILES string of the molecule is CCC.CCC1Oc2c(OC)ccc3c2C1(/C=C\COC(=O)CNC(=O)OC(C)(C)C)CCN(C)C3. The van der Waals surface area contributed by atoms with Gasteiger partial charge in [0.2, 0.25) is 0 Å². The number of carbonyl (C=O) groups is 2. The Bertz CT molecular complexity index is 923. The van der Waals surface area contributed by atoms with E-state index in [1.54, 1.807) is 27.9 Å². The molecule has 2 aliphatic heterocycles. The van der Waals surface area contributed by atoms with Gasteiger partial charge >= 0.3 is 12.1 Å². The molecule has 0 aliphatic carbocycles. The van der Waals surface area contributed by atoms with Crippen LogP contribution in [0.25, 0.3) is 0 Å². The maximum Gasteiger partial charge on any atom is 0.408 e. The van der Waals surface area contributed by atoms with Crippen LogP contribution >= 0.6 is 0 Å². The fourth-order valence-corrected chi connectivity index (χ4v) is 4.59. The van der Waals surface area contributed by atoms with E-state index in [2.05, 4.69) is 50.2 Å². The van der Waals surface area contributed by atoms with E-state index in [1.165, 1.54) is 17.5 Å². The summed E-state index contributed by atoms with van der Waals surface area (Å²) in [5, 5.41) is 2.41. The monoisotopic (exact) mass is 504 g/mol. The second kappa shape index (κ2) is 13.0. The van der Waals surface area contributed by atoms with Crippen LogP contribution in [0.3, 0.4) is 0 Å². The number of ether oxygens (including phenoxy) is 4. The normalized spacial score (nSPS) is 20.9. The van der Waals surface area contributed by atoms with E-state index in [-0.39, 0.29) is 24.7 Å². The van der Waals surface area contributed by atoms with Gasteiger partial charge in [0.15, 0.2) is 11.5 Å². The number of methoxy groups -OCH3 is 1. The molecular weight excluding hydrogens is 460 g/mol. The Labute approximate surface area is 216 Å². The third-order valence-corrected chi connectivity index (χ3v) is 5.98. The average molecular weight is 505 g/mol. The average Bonchev–Trinajstić information content (AvgIpc) is 3.05. The Balaban J connectivity index is 0.00000145. The molecule has 8 heteroatoms. The Morgan fingerprint density at radius 2 is 1.94 bits per heavy atom. The number of hydrogen-bond acceptors (Lipinski definition) is 7. The van der Waals surface area contributed by atoms with Gasteiger partial charge in [-0.3, -0.25) is 4.79 Å². The van der Waals surface area contributed by atoms with Crippen molar-refractivity contribution in [2.45, 2.75) is 84.5 Å². The van der Waals surface area contributed by atoms with E-state index in [4.69, 9.17) is 18.9 Å². The van der Waals surface area contributed by atoms with Gasteiger partial charge in [-0.15, -0.1) is 0 Å². The molecule has 0 bridgehead atoms. The third kappa shape index (κ3) is 7.38. The molecule has 3 rings (SSSR count). The Hall–Kier alpha value is -2.74. The smallest absolute Gasteiger partial charge is 0.408 e. The molecule has 0 saturated heterocycles. The van der Waals surface area contributed by atoms with Gasteiger partial charge in [0.05, 0.1) is 12.5 Å². The quantitative estimate of drug-likeness (QED) is 0.414. The zero-order valence-electron chi connectivity index (χ0n) is 23.2. The molecule has 0 fully saturated rings. The summed E-state index contributed by atoms with van der Waals surface area (Å²) in [5.41, 5.74) is 1.46. The maximum atomic E-state index is 12.0. The first-order valence-electron chi connectivity index (χ1n) is 12.9. The molecule has 2 heterocycles. The molecule has 1 aromatic carbocycles. The van der Waals surface area contributed by atoms with Crippen LogP contribution in [-0.4, -0.2) is 62.5 Å². The number of nitrogens with one attached hydrogen (secondary N) is 1. The number of alkyl carbamates (subject to hydrolysis) is 1. The first-order valence-corrected chi connectivity index (χ1v) is 12.9. The minimum atomic E-state index is -0.650. The van der Waals surface area contributed by atoms with Crippen molar-refractivity contribution < 1.29 is 28.5 Å². The summed E-state index contributed by atoms with van der Waals surface area (Å²) in [6.07, 6.45) is 6.30. The minimum Gasteiger partial charge on any atom is -0.493 e. The molecule has 0 radical (unpaired) electrons. The lowest BCUT2D eigenvalue weighted by Crippen LogP contribution is -2.37. The van der Waals surface area contributed by atoms with E-state index in [0.29, 0.717) is 0 Å². The van der Waals surface area contributed by atoms with Gasteiger partial charge in [0.25, 0.3) is 0 Å². The highest BCUT2D eigenvalue weighted by Crippen LogP contribution is 2.54. The first-order chi connectivity index (χ1) is 17.0. The van der Waals surface area contributed by atoms with Crippen molar-refractivity contribution in [2.24, 2.45) is 0 Å². The highest BCUT2D eigenvalue weighted by molar-refractivity contribution is 5.78. The molecule has 8 nitrogen and oxygen atoms in total. The predicted octanol–water partition coefficient (Wildman–Crippen LogP) is 4.98. The topological polar surface area (TPSA) is 86.3 Å². The molecule has 0 saturated carbocycles. The zero-order chi connectivity index (χ0) is 26.9. The van der Waals surface area contributed by atoms with E-state index in [1.807, 2.05) is 12.1 Å². The third-order valence-electron chi connectivity index (χ3n) is 5.98. The number of carbonyl (C=O) groups excluding carboxylic acids is 2. The first kappa shape index (κ1) is 29.5. The van der Waals surface area contributed by atoms with Crippen LogP contribution in [-0.2, 0) is 26.2 Å². The highest BCUT2D eigenvalue weighted by Gasteiger charge is 2.49. The van der Waals surface area contributed by atoms with Gasteiger partial charge in [-0.1, -0.05) is 45.4 Å². The Morgan fingerprint density at radius 1 is 1.25 bits per heavy atom. The van der Waals surface area contributed by atoms with Crippen LogP contribution in [0, 0.1) is 0 Å². The van der Waals surface area contributed by atoms with E-state index in [0.717, 1.165) is 37.4 Å². The van der Waals surface area contributed by atoms with Gasteiger partial charge in [-0.05, 0) is 58.8 Å². The van der Waals surface area contributed by atoms with Crippen LogP contribution in [0.2, 0.25) is 0 Å². The Morgan fingerprint density at radius 3 is 2.56 bits per heavy atom. The second-order valence-corrected chi connectivity index (χ2v) is 10.3. The molecule has 2 atom stereocenters. The van der Waals surface area contributed by atoms with Gasteiger partial charge in [-0.2, -0.15) is 0 Å².